The van der Waals surface area contributed by atoms with Crippen LogP contribution in [0.25, 0.3) is 100 Å². The summed E-state index contributed by atoms with van der Waals surface area (Å²) in [6.45, 7) is 2.36. The number of fused-ring (bicyclic) bond motifs is 6. The maximum Gasteiger partial charge on any atom is 0.160 e. The highest BCUT2D eigenvalue weighted by Gasteiger charge is 2.41. The van der Waals surface area contributed by atoms with Crippen molar-refractivity contribution in [2.24, 2.45) is 0 Å². The monoisotopic (exact) mass is 804 g/mol. The molecule has 0 fully saturated rings. The molecular formula is C60H40N2O. The minimum Gasteiger partial charge on any atom is -0.455 e. The molecule has 1 aliphatic carbocycles. The van der Waals surface area contributed by atoms with Gasteiger partial charge in [0.05, 0.1) is 11.4 Å². The summed E-state index contributed by atoms with van der Waals surface area (Å²) in [6, 6.07) is 79.9. The van der Waals surface area contributed by atoms with E-state index in [0.29, 0.717) is 5.82 Å². The fourth-order valence-electron chi connectivity index (χ4n) is 9.95. The zero-order valence-electron chi connectivity index (χ0n) is 34.7. The summed E-state index contributed by atoms with van der Waals surface area (Å²) >= 11 is 0. The van der Waals surface area contributed by atoms with Gasteiger partial charge in [-0.15, -0.1) is 0 Å². The Hall–Kier alpha value is -8.14. The average molecular weight is 805 g/mol. The van der Waals surface area contributed by atoms with E-state index in [1.165, 1.54) is 27.8 Å². The molecule has 0 saturated heterocycles. The summed E-state index contributed by atoms with van der Waals surface area (Å²) in [5.41, 5.74) is 19.0. The molecule has 0 spiro atoms. The second-order valence-electron chi connectivity index (χ2n) is 16.6. The van der Waals surface area contributed by atoms with Crippen molar-refractivity contribution < 1.29 is 4.42 Å². The summed E-state index contributed by atoms with van der Waals surface area (Å²) < 4.78 is 6.67. The number of nitrogens with zero attached hydrogens (tertiary/aromatic N) is 2. The van der Waals surface area contributed by atoms with Crippen molar-refractivity contribution in [3.63, 3.8) is 0 Å². The Morgan fingerprint density at radius 3 is 1.67 bits per heavy atom. The van der Waals surface area contributed by atoms with Gasteiger partial charge >= 0.3 is 0 Å². The molecular weight excluding hydrogens is 765 g/mol. The number of hydrogen-bond donors (Lipinski definition) is 0. The third kappa shape index (κ3) is 6.04. The lowest BCUT2D eigenvalue weighted by molar-refractivity contribution is 0.670. The Bertz CT molecular complexity index is 3520. The topological polar surface area (TPSA) is 38.9 Å². The van der Waals surface area contributed by atoms with Gasteiger partial charge in [-0.05, 0) is 92.9 Å². The van der Waals surface area contributed by atoms with Crippen molar-refractivity contribution in [2.75, 3.05) is 0 Å². The molecule has 1 atom stereocenters. The van der Waals surface area contributed by atoms with Crippen LogP contribution in [0.2, 0.25) is 0 Å². The van der Waals surface area contributed by atoms with Gasteiger partial charge in [0.2, 0.25) is 0 Å². The quantitative estimate of drug-likeness (QED) is 0.161. The van der Waals surface area contributed by atoms with Crippen LogP contribution in [-0.2, 0) is 5.41 Å². The van der Waals surface area contributed by atoms with Crippen LogP contribution < -0.4 is 0 Å². The molecule has 3 nitrogen and oxygen atoms in total. The molecule has 296 valence electrons. The fraction of sp³-hybridized carbons (Fsp3) is 0.0333. The minimum absolute atomic E-state index is 0.339. The van der Waals surface area contributed by atoms with Crippen LogP contribution in [0.15, 0.2) is 229 Å². The molecule has 3 heteroatoms. The summed E-state index contributed by atoms with van der Waals surface area (Å²) in [4.78, 5) is 10.9. The normalized spacial score (nSPS) is 14.2. The molecule has 63 heavy (non-hydrogen) atoms. The summed E-state index contributed by atoms with van der Waals surface area (Å²) in [5.74, 6) is 0.675. The molecule has 0 saturated carbocycles. The van der Waals surface area contributed by atoms with E-state index in [9.17, 15) is 0 Å². The molecule has 1 aliphatic rings. The van der Waals surface area contributed by atoms with Crippen molar-refractivity contribution in [3.8, 4) is 78.4 Å². The van der Waals surface area contributed by atoms with Crippen LogP contribution in [0.4, 0.5) is 0 Å². The Kier molecular flexibility index (Phi) is 8.62. The lowest BCUT2D eigenvalue weighted by Crippen LogP contribution is -2.22. The minimum atomic E-state index is -0.339. The van der Waals surface area contributed by atoms with Crippen molar-refractivity contribution in [1.82, 2.24) is 9.97 Å². The van der Waals surface area contributed by atoms with Crippen LogP contribution in [0.5, 0.6) is 0 Å². The van der Waals surface area contributed by atoms with E-state index in [2.05, 4.69) is 213 Å². The van der Waals surface area contributed by atoms with Crippen LogP contribution in [-0.4, -0.2) is 9.97 Å². The fourth-order valence-corrected chi connectivity index (χ4v) is 9.95. The summed E-state index contributed by atoms with van der Waals surface area (Å²) in [6.07, 6.45) is 0. The molecule has 9 aromatic carbocycles. The first-order chi connectivity index (χ1) is 31.1. The van der Waals surface area contributed by atoms with E-state index in [4.69, 9.17) is 14.4 Å². The van der Waals surface area contributed by atoms with Crippen molar-refractivity contribution in [2.45, 2.75) is 12.3 Å². The zero-order valence-corrected chi connectivity index (χ0v) is 34.7. The lowest BCUT2D eigenvalue weighted by atomic mass is 9.74. The van der Waals surface area contributed by atoms with Crippen LogP contribution in [0.1, 0.15) is 23.6 Å². The van der Waals surface area contributed by atoms with Crippen LogP contribution in [0, 0.1) is 0 Å². The predicted octanol–water partition coefficient (Wildman–Crippen LogP) is 15.7. The predicted molar refractivity (Wildman–Crippen MR) is 259 cm³/mol. The molecule has 0 bridgehead atoms. The van der Waals surface area contributed by atoms with E-state index >= 15 is 0 Å². The smallest absolute Gasteiger partial charge is 0.160 e. The van der Waals surface area contributed by atoms with E-state index in [0.717, 1.165) is 83.4 Å². The van der Waals surface area contributed by atoms with Gasteiger partial charge in [-0.1, -0.05) is 194 Å². The lowest BCUT2D eigenvalue weighted by Gasteiger charge is -2.28. The van der Waals surface area contributed by atoms with E-state index in [1.807, 2.05) is 18.2 Å². The highest BCUT2D eigenvalue weighted by atomic mass is 16.3. The Morgan fingerprint density at radius 2 is 0.889 bits per heavy atom. The number of para-hydroxylation sites is 2. The van der Waals surface area contributed by atoms with Gasteiger partial charge < -0.3 is 4.42 Å². The number of furan rings is 1. The van der Waals surface area contributed by atoms with Gasteiger partial charge in [0.25, 0.3) is 0 Å². The number of rotatable bonds is 7. The van der Waals surface area contributed by atoms with Crippen molar-refractivity contribution in [1.29, 1.82) is 0 Å². The molecule has 11 aromatic rings. The number of hydrogen-bond acceptors (Lipinski definition) is 3. The first kappa shape index (κ1) is 36.7. The van der Waals surface area contributed by atoms with Gasteiger partial charge in [0.15, 0.2) is 5.82 Å². The maximum atomic E-state index is 6.67. The zero-order chi connectivity index (χ0) is 41.9. The summed E-state index contributed by atoms with van der Waals surface area (Å²) in [7, 11) is 0. The van der Waals surface area contributed by atoms with E-state index in [1.54, 1.807) is 0 Å². The molecule has 12 rings (SSSR count). The van der Waals surface area contributed by atoms with Gasteiger partial charge in [0.1, 0.15) is 11.2 Å². The second kappa shape index (κ2) is 14.8. The molecule has 2 heterocycles. The second-order valence-corrected chi connectivity index (χ2v) is 16.6. The Labute approximate surface area is 366 Å². The SMILES string of the molecule is CC1(c2ccccc2)c2ccccc2-c2c(-c3cc(-c4cc(-c5ccccc5-c5ccccc5)cc(-c5cccc6c5oc5ccccc56)c4)nc(-c4ccccc4)n3)cccc21. The Balaban J connectivity index is 1.12. The van der Waals surface area contributed by atoms with Gasteiger partial charge in [-0.25, -0.2) is 9.97 Å². The Morgan fingerprint density at radius 1 is 0.365 bits per heavy atom. The first-order valence-corrected chi connectivity index (χ1v) is 21.6. The maximum absolute atomic E-state index is 6.67. The molecule has 2 aromatic heterocycles. The summed E-state index contributed by atoms with van der Waals surface area (Å²) in [5, 5.41) is 2.20. The van der Waals surface area contributed by atoms with Crippen molar-refractivity contribution in [3.05, 3.63) is 241 Å². The molecule has 1 unspecified atom stereocenters. The third-order valence-corrected chi connectivity index (χ3v) is 13.0. The van der Waals surface area contributed by atoms with Crippen LogP contribution in [0.3, 0.4) is 0 Å². The highest BCUT2D eigenvalue weighted by molar-refractivity contribution is 6.10. The molecule has 0 aliphatic heterocycles. The van der Waals surface area contributed by atoms with Gasteiger partial charge in [-0.2, -0.15) is 0 Å². The number of benzene rings is 9. The van der Waals surface area contributed by atoms with E-state index in [-0.39, 0.29) is 5.41 Å². The highest BCUT2D eigenvalue weighted by Crippen LogP contribution is 2.55. The standard InChI is InChI=1S/C60H40N2O/c1-60(44-23-9-4-10-24-44)52-32-15-13-28-50(52)57-51(31-18-33-53(57)60)55-38-54(61-59(62-55)40-21-7-3-8-22-40)43-36-41(46-26-12-11-25-45(46)39-19-5-2-6-20-39)35-42(37-43)47-29-17-30-49-48-27-14-16-34-56(48)63-58(47)49/h2-38H,1H3. The first-order valence-electron chi connectivity index (χ1n) is 21.6. The van der Waals surface area contributed by atoms with Gasteiger partial charge in [-0.3, -0.25) is 0 Å². The molecule has 0 N–H and O–H groups in total. The largest absolute Gasteiger partial charge is 0.455 e. The average Bonchev–Trinajstić information content (AvgIpc) is 3.88. The van der Waals surface area contributed by atoms with Crippen LogP contribution >= 0.6 is 0 Å². The van der Waals surface area contributed by atoms with E-state index < -0.39 is 0 Å². The molecule has 0 radical (unpaired) electrons. The van der Waals surface area contributed by atoms with Gasteiger partial charge in [0, 0.05) is 38.4 Å². The number of aromatic nitrogens is 2. The molecule has 0 amide bonds. The third-order valence-electron chi connectivity index (χ3n) is 13.0. The van der Waals surface area contributed by atoms with Crippen molar-refractivity contribution >= 4 is 21.9 Å².